The van der Waals surface area contributed by atoms with Gasteiger partial charge >= 0.3 is 0 Å². The minimum atomic E-state index is -3.71. The largest absolute Gasteiger partial charge is 0.480 e. The van der Waals surface area contributed by atoms with Gasteiger partial charge in [-0.05, 0) is 18.2 Å². The average Bonchev–Trinajstić information content (AvgIpc) is 2.38. The molecule has 0 radical (unpaired) electrons. The van der Waals surface area contributed by atoms with Crippen LogP contribution in [0.4, 0.5) is 11.4 Å². The van der Waals surface area contributed by atoms with E-state index in [1.165, 1.54) is 31.5 Å². The molecule has 19 heavy (non-hydrogen) atoms. The third-order valence-corrected chi connectivity index (χ3v) is 3.64. The van der Waals surface area contributed by atoms with Crippen molar-refractivity contribution in [3.05, 3.63) is 36.5 Å². The van der Waals surface area contributed by atoms with Crippen LogP contribution in [-0.2, 0) is 10.0 Å². The molecule has 0 unspecified atom stereocenters. The number of sulfonamides is 1. The lowest BCUT2D eigenvalue weighted by Gasteiger charge is -2.08. The van der Waals surface area contributed by atoms with Crippen LogP contribution >= 0.6 is 0 Å². The molecule has 0 atom stereocenters. The number of hydrogen-bond acceptors (Lipinski definition) is 6. The molecule has 0 spiro atoms. The lowest BCUT2D eigenvalue weighted by Crippen LogP contribution is -2.13. The van der Waals surface area contributed by atoms with E-state index in [4.69, 9.17) is 10.5 Å². The number of ether oxygens (including phenoxy) is 1. The van der Waals surface area contributed by atoms with E-state index in [9.17, 15) is 8.42 Å². The van der Waals surface area contributed by atoms with Gasteiger partial charge in [-0.2, -0.15) is 5.10 Å². The van der Waals surface area contributed by atoms with Gasteiger partial charge in [-0.15, -0.1) is 5.10 Å². The van der Waals surface area contributed by atoms with Gasteiger partial charge < -0.3 is 10.5 Å². The van der Waals surface area contributed by atoms with E-state index in [1.54, 1.807) is 12.1 Å². The summed E-state index contributed by atoms with van der Waals surface area (Å²) in [7, 11) is -2.30. The molecule has 7 nitrogen and oxygen atoms in total. The zero-order chi connectivity index (χ0) is 13.9. The first kappa shape index (κ1) is 13.1. The molecule has 0 amide bonds. The Labute approximate surface area is 110 Å². The Balaban J connectivity index is 2.31. The van der Waals surface area contributed by atoms with E-state index in [-0.39, 0.29) is 16.5 Å². The molecule has 2 rings (SSSR count). The third kappa shape index (κ3) is 3.10. The molecule has 1 aromatic heterocycles. The van der Waals surface area contributed by atoms with Gasteiger partial charge in [0.05, 0.1) is 23.9 Å². The Bertz CT molecular complexity index is 688. The van der Waals surface area contributed by atoms with Crippen molar-refractivity contribution in [2.24, 2.45) is 0 Å². The number of nitrogens with one attached hydrogen (secondary N) is 1. The highest BCUT2D eigenvalue weighted by Crippen LogP contribution is 2.19. The Hall–Kier alpha value is -2.35. The van der Waals surface area contributed by atoms with Crippen molar-refractivity contribution in [3.8, 4) is 5.88 Å². The first-order chi connectivity index (χ1) is 9.01. The smallest absolute Gasteiger partial charge is 0.262 e. The van der Waals surface area contributed by atoms with E-state index in [1.807, 2.05) is 0 Å². The van der Waals surface area contributed by atoms with Crippen LogP contribution in [0.3, 0.4) is 0 Å². The van der Waals surface area contributed by atoms with Crippen LogP contribution in [0, 0.1) is 0 Å². The topological polar surface area (TPSA) is 107 Å². The molecule has 0 aliphatic carbocycles. The quantitative estimate of drug-likeness (QED) is 0.805. The highest BCUT2D eigenvalue weighted by Gasteiger charge is 2.15. The second-order valence-corrected chi connectivity index (χ2v) is 5.35. The monoisotopic (exact) mass is 280 g/mol. The fourth-order valence-electron chi connectivity index (χ4n) is 1.40. The second-order valence-electron chi connectivity index (χ2n) is 3.66. The van der Waals surface area contributed by atoms with E-state index in [0.717, 1.165) is 0 Å². The molecule has 0 bridgehead atoms. The maximum Gasteiger partial charge on any atom is 0.262 e. The van der Waals surface area contributed by atoms with Gasteiger partial charge in [0.15, 0.2) is 0 Å². The molecular weight excluding hydrogens is 268 g/mol. The molecule has 0 saturated heterocycles. The Morgan fingerprint density at radius 3 is 2.79 bits per heavy atom. The van der Waals surface area contributed by atoms with Crippen LogP contribution in [0.5, 0.6) is 5.88 Å². The summed E-state index contributed by atoms with van der Waals surface area (Å²) in [6, 6.07) is 7.42. The van der Waals surface area contributed by atoms with Crippen molar-refractivity contribution >= 4 is 21.4 Å². The van der Waals surface area contributed by atoms with Crippen molar-refractivity contribution < 1.29 is 13.2 Å². The minimum Gasteiger partial charge on any atom is -0.480 e. The molecule has 100 valence electrons. The summed E-state index contributed by atoms with van der Waals surface area (Å²) < 4.78 is 31.4. The number of hydrogen-bond donors (Lipinski definition) is 2. The van der Waals surface area contributed by atoms with E-state index in [0.29, 0.717) is 5.69 Å². The fraction of sp³-hybridized carbons (Fsp3) is 0.0909. The molecule has 2 aromatic rings. The van der Waals surface area contributed by atoms with Gasteiger partial charge in [-0.25, -0.2) is 8.42 Å². The maximum absolute atomic E-state index is 12.1. The molecule has 0 aliphatic rings. The number of nitrogen functional groups attached to an aromatic ring is 1. The summed E-state index contributed by atoms with van der Waals surface area (Å²) in [5, 5.41) is 7.27. The average molecular weight is 280 g/mol. The summed E-state index contributed by atoms with van der Waals surface area (Å²) in [5.41, 5.74) is 6.19. The highest BCUT2D eigenvalue weighted by molar-refractivity contribution is 7.92. The van der Waals surface area contributed by atoms with Crippen LogP contribution in [-0.4, -0.2) is 25.7 Å². The molecule has 0 saturated carbocycles. The summed E-state index contributed by atoms with van der Waals surface area (Å²) in [6.45, 7) is 0. The van der Waals surface area contributed by atoms with Crippen LogP contribution in [0.15, 0.2) is 41.4 Å². The van der Waals surface area contributed by atoms with Gasteiger partial charge in [0.25, 0.3) is 10.0 Å². The molecule has 1 heterocycles. The van der Waals surface area contributed by atoms with Crippen molar-refractivity contribution in [1.82, 2.24) is 10.2 Å². The molecule has 0 aliphatic heterocycles. The standard InChI is InChI=1S/C11H12N4O3S/c1-18-11-6-9(7-13-14-11)15-19(16,17)10-4-2-3-8(12)5-10/h2-7H,12H2,1H3,(H,14,15). The fourth-order valence-corrected chi connectivity index (χ4v) is 2.49. The Kier molecular flexibility index (Phi) is 3.52. The summed E-state index contributed by atoms with van der Waals surface area (Å²) in [5.74, 6) is 0.216. The zero-order valence-electron chi connectivity index (χ0n) is 10.1. The molecule has 1 aromatic carbocycles. The second kappa shape index (κ2) is 5.11. The predicted octanol–water partition coefficient (Wildman–Crippen LogP) is 0.868. The van der Waals surface area contributed by atoms with Gasteiger partial charge in [-0.3, -0.25) is 4.72 Å². The van der Waals surface area contributed by atoms with Crippen molar-refractivity contribution in [2.75, 3.05) is 17.6 Å². The normalized spacial score (nSPS) is 11.0. The van der Waals surface area contributed by atoms with Crippen molar-refractivity contribution in [2.45, 2.75) is 4.90 Å². The Morgan fingerprint density at radius 2 is 2.11 bits per heavy atom. The highest BCUT2D eigenvalue weighted by atomic mass is 32.2. The lowest BCUT2D eigenvalue weighted by molar-refractivity contribution is 0.392. The summed E-state index contributed by atoms with van der Waals surface area (Å²) in [4.78, 5) is 0.0725. The van der Waals surface area contributed by atoms with Crippen LogP contribution in [0.1, 0.15) is 0 Å². The van der Waals surface area contributed by atoms with E-state index in [2.05, 4.69) is 14.9 Å². The number of anilines is 2. The molecule has 3 N–H and O–H groups in total. The number of nitrogens with zero attached hydrogens (tertiary/aromatic N) is 2. The van der Waals surface area contributed by atoms with Gasteiger partial charge in [0.1, 0.15) is 0 Å². The van der Waals surface area contributed by atoms with Crippen LogP contribution in [0.2, 0.25) is 0 Å². The predicted molar refractivity (Wildman–Crippen MR) is 70.2 cm³/mol. The Morgan fingerprint density at radius 1 is 1.32 bits per heavy atom. The number of benzene rings is 1. The SMILES string of the molecule is COc1cc(NS(=O)(=O)c2cccc(N)c2)cnn1. The van der Waals surface area contributed by atoms with Gasteiger partial charge in [0.2, 0.25) is 5.88 Å². The molecule has 8 heteroatoms. The van der Waals surface area contributed by atoms with Crippen LogP contribution in [0.25, 0.3) is 0 Å². The summed E-state index contributed by atoms with van der Waals surface area (Å²) in [6.07, 6.45) is 1.28. The van der Waals surface area contributed by atoms with E-state index >= 15 is 0 Å². The number of aromatic nitrogens is 2. The van der Waals surface area contributed by atoms with Crippen LogP contribution < -0.4 is 15.2 Å². The van der Waals surface area contributed by atoms with Gasteiger partial charge in [-0.1, -0.05) is 6.07 Å². The maximum atomic E-state index is 12.1. The van der Waals surface area contributed by atoms with Crippen molar-refractivity contribution in [1.29, 1.82) is 0 Å². The molecule has 0 fully saturated rings. The minimum absolute atomic E-state index is 0.0725. The zero-order valence-corrected chi connectivity index (χ0v) is 10.9. The number of methoxy groups -OCH3 is 1. The first-order valence-corrected chi connectivity index (χ1v) is 6.74. The number of nitrogens with two attached hydrogens (primary N) is 1. The molecular formula is C11H12N4O3S. The number of rotatable bonds is 4. The third-order valence-electron chi connectivity index (χ3n) is 2.26. The summed E-state index contributed by atoms with van der Waals surface area (Å²) >= 11 is 0. The van der Waals surface area contributed by atoms with Crippen molar-refractivity contribution in [3.63, 3.8) is 0 Å². The lowest BCUT2D eigenvalue weighted by atomic mass is 10.3. The van der Waals surface area contributed by atoms with E-state index < -0.39 is 10.0 Å². The first-order valence-electron chi connectivity index (χ1n) is 5.26. The van der Waals surface area contributed by atoms with Gasteiger partial charge in [0, 0.05) is 11.8 Å².